The maximum absolute atomic E-state index is 12.8. The highest BCUT2D eigenvalue weighted by Gasteiger charge is 2.19. The number of hydrogen-bond donors (Lipinski definition) is 1. The van der Waals surface area contributed by atoms with Crippen molar-refractivity contribution in [3.05, 3.63) is 35.6 Å². The van der Waals surface area contributed by atoms with E-state index in [4.69, 9.17) is 0 Å². The summed E-state index contributed by atoms with van der Waals surface area (Å²) in [6, 6.07) is 7.17. The van der Waals surface area contributed by atoms with E-state index in [1.54, 1.807) is 7.05 Å². The normalized spacial score (nSPS) is 15.4. The van der Waals surface area contributed by atoms with Gasteiger partial charge in [0, 0.05) is 26.7 Å². The van der Waals surface area contributed by atoms with Gasteiger partial charge in [0.2, 0.25) is 0 Å². The van der Waals surface area contributed by atoms with E-state index < -0.39 is 0 Å². The highest BCUT2D eigenvalue weighted by molar-refractivity contribution is 14.0. The van der Waals surface area contributed by atoms with Crippen LogP contribution in [0.25, 0.3) is 0 Å². The molecule has 19 heavy (non-hydrogen) atoms. The fraction of sp³-hybridized carbons (Fsp3) is 0.500. The molecule has 0 spiro atoms. The fourth-order valence-corrected chi connectivity index (χ4v) is 2.02. The molecule has 0 atom stereocenters. The summed E-state index contributed by atoms with van der Waals surface area (Å²) in [5.41, 5.74) is 1.08. The Balaban J connectivity index is 0.00000180. The summed E-state index contributed by atoms with van der Waals surface area (Å²) >= 11 is 0. The van der Waals surface area contributed by atoms with Gasteiger partial charge in [-0.05, 0) is 37.0 Å². The monoisotopic (exact) mass is 377 g/mol. The average molecular weight is 377 g/mol. The van der Waals surface area contributed by atoms with Gasteiger partial charge in [-0.25, -0.2) is 4.39 Å². The Labute approximate surface area is 131 Å². The molecule has 0 aromatic heterocycles. The lowest BCUT2D eigenvalue weighted by molar-refractivity contribution is 0.359. The SMILES string of the molecule is CN=C(NC1CCC1)N(C)Cc1ccc(F)cc1.I. The summed E-state index contributed by atoms with van der Waals surface area (Å²) in [6.45, 7) is 0.729. The van der Waals surface area contributed by atoms with Crippen molar-refractivity contribution in [1.29, 1.82) is 0 Å². The fourth-order valence-electron chi connectivity index (χ4n) is 2.02. The van der Waals surface area contributed by atoms with E-state index in [9.17, 15) is 4.39 Å². The molecule has 1 N–H and O–H groups in total. The first-order valence-corrected chi connectivity index (χ1v) is 6.38. The Bertz CT molecular complexity index is 415. The van der Waals surface area contributed by atoms with Crippen LogP contribution in [0, 0.1) is 5.82 Å². The van der Waals surface area contributed by atoms with Crippen molar-refractivity contribution >= 4 is 29.9 Å². The van der Waals surface area contributed by atoms with Gasteiger partial charge in [-0.2, -0.15) is 0 Å². The summed E-state index contributed by atoms with van der Waals surface area (Å²) < 4.78 is 12.8. The first kappa shape index (κ1) is 16.2. The number of nitrogens with zero attached hydrogens (tertiary/aromatic N) is 2. The minimum atomic E-state index is -0.196. The molecule has 0 heterocycles. The van der Waals surface area contributed by atoms with E-state index in [1.165, 1.54) is 31.4 Å². The molecule has 0 unspecified atom stereocenters. The van der Waals surface area contributed by atoms with E-state index in [1.807, 2.05) is 19.2 Å². The maximum atomic E-state index is 12.8. The number of rotatable bonds is 3. The van der Waals surface area contributed by atoms with Crippen molar-refractivity contribution in [3.8, 4) is 0 Å². The van der Waals surface area contributed by atoms with Gasteiger partial charge in [-0.1, -0.05) is 12.1 Å². The number of aliphatic imine (C=N–C) groups is 1. The third-order valence-electron chi connectivity index (χ3n) is 3.34. The van der Waals surface area contributed by atoms with Crippen molar-refractivity contribution in [3.63, 3.8) is 0 Å². The largest absolute Gasteiger partial charge is 0.354 e. The highest BCUT2D eigenvalue weighted by Crippen LogP contribution is 2.18. The summed E-state index contributed by atoms with van der Waals surface area (Å²) in [7, 11) is 3.79. The molecule has 3 nitrogen and oxygen atoms in total. The molecular formula is C14H21FIN3. The van der Waals surface area contributed by atoms with Gasteiger partial charge in [0.1, 0.15) is 5.82 Å². The number of guanidine groups is 1. The van der Waals surface area contributed by atoms with Crippen molar-refractivity contribution in [1.82, 2.24) is 10.2 Å². The van der Waals surface area contributed by atoms with E-state index in [-0.39, 0.29) is 29.8 Å². The smallest absolute Gasteiger partial charge is 0.193 e. The Kier molecular flexibility index (Phi) is 6.54. The van der Waals surface area contributed by atoms with Crippen LogP contribution in [0.4, 0.5) is 4.39 Å². The van der Waals surface area contributed by atoms with Crippen LogP contribution in [0.3, 0.4) is 0 Å². The van der Waals surface area contributed by atoms with Gasteiger partial charge in [0.05, 0.1) is 0 Å². The zero-order valence-electron chi connectivity index (χ0n) is 11.4. The quantitative estimate of drug-likeness (QED) is 0.498. The van der Waals surface area contributed by atoms with Crippen molar-refractivity contribution < 1.29 is 4.39 Å². The summed E-state index contributed by atoms with van der Waals surface area (Å²) in [5.74, 6) is 0.711. The van der Waals surface area contributed by atoms with Gasteiger partial charge in [-0.3, -0.25) is 4.99 Å². The van der Waals surface area contributed by atoms with Gasteiger partial charge in [0.25, 0.3) is 0 Å². The van der Waals surface area contributed by atoms with Gasteiger partial charge in [0.15, 0.2) is 5.96 Å². The molecular weight excluding hydrogens is 356 g/mol. The molecule has 2 rings (SSSR count). The second kappa shape index (κ2) is 7.67. The zero-order valence-corrected chi connectivity index (χ0v) is 13.7. The van der Waals surface area contributed by atoms with Crippen molar-refractivity contribution in [2.24, 2.45) is 4.99 Å². The number of nitrogens with one attached hydrogen (secondary N) is 1. The summed E-state index contributed by atoms with van der Waals surface area (Å²) in [4.78, 5) is 6.34. The second-order valence-corrected chi connectivity index (χ2v) is 4.80. The molecule has 1 aromatic carbocycles. The third-order valence-corrected chi connectivity index (χ3v) is 3.34. The predicted octanol–water partition coefficient (Wildman–Crippen LogP) is 3.00. The number of hydrogen-bond acceptors (Lipinski definition) is 1. The van der Waals surface area contributed by atoms with Crippen LogP contribution in [-0.4, -0.2) is 31.0 Å². The Morgan fingerprint density at radius 1 is 1.37 bits per heavy atom. The van der Waals surface area contributed by atoms with Gasteiger partial charge >= 0.3 is 0 Å². The summed E-state index contributed by atoms with van der Waals surface area (Å²) in [6.07, 6.45) is 3.75. The van der Waals surface area contributed by atoms with E-state index in [0.29, 0.717) is 6.04 Å². The molecule has 1 fully saturated rings. The molecule has 1 aliphatic carbocycles. The zero-order chi connectivity index (χ0) is 13.0. The lowest BCUT2D eigenvalue weighted by Gasteiger charge is -2.31. The third kappa shape index (κ3) is 4.63. The molecule has 1 aliphatic rings. The lowest BCUT2D eigenvalue weighted by Crippen LogP contribution is -2.46. The van der Waals surface area contributed by atoms with Gasteiger partial charge < -0.3 is 10.2 Å². The van der Waals surface area contributed by atoms with Gasteiger partial charge in [-0.15, -0.1) is 24.0 Å². The van der Waals surface area contributed by atoms with Crippen molar-refractivity contribution in [2.45, 2.75) is 31.8 Å². The molecule has 106 valence electrons. The van der Waals surface area contributed by atoms with Crippen LogP contribution in [-0.2, 0) is 6.54 Å². The second-order valence-electron chi connectivity index (χ2n) is 4.80. The first-order valence-electron chi connectivity index (χ1n) is 6.38. The minimum absolute atomic E-state index is 0. The van der Waals surface area contributed by atoms with Crippen LogP contribution >= 0.6 is 24.0 Å². The molecule has 0 amide bonds. The maximum Gasteiger partial charge on any atom is 0.193 e. The minimum Gasteiger partial charge on any atom is -0.354 e. The number of halogens is 2. The van der Waals surface area contributed by atoms with Crippen LogP contribution in [0.5, 0.6) is 0 Å². The summed E-state index contributed by atoms with van der Waals surface area (Å²) in [5, 5.41) is 3.44. The molecule has 1 saturated carbocycles. The van der Waals surface area contributed by atoms with E-state index in [0.717, 1.165) is 18.1 Å². The molecule has 0 aliphatic heterocycles. The molecule has 0 saturated heterocycles. The topological polar surface area (TPSA) is 27.6 Å². The Morgan fingerprint density at radius 3 is 2.47 bits per heavy atom. The van der Waals surface area contributed by atoms with E-state index in [2.05, 4.69) is 15.2 Å². The molecule has 5 heteroatoms. The Morgan fingerprint density at radius 2 is 2.00 bits per heavy atom. The molecule has 0 radical (unpaired) electrons. The highest BCUT2D eigenvalue weighted by atomic mass is 127. The van der Waals surface area contributed by atoms with E-state index >= 15 is 0 Å². The molecule has 1 aromatic rings. The average Bonchev–Trinajstić information content (AvgIpc) is 2.31. The van der Waals surface area contributed by atoms with Crippen LogP contribution in [0.15, 0.2) is 29.3 Å². The van der Waals surface area contributed by atoms with Crippen molar-refractivity contribution in [2.75, 3.05) is 14.1 Å². The predicted molar refractivity (Wildman–Crippen MR) is 87.4 cm³/mol. The lowest BCUT2D eigenvalue weighted by atomic mass is 9.93. The standard InChI is InChI=1S/C14H20FN3.HI/c1-16-14(17-13-4-3-5-13)18(2)10-11-6-8-12(15)9-7-11;/h6-9,13H,3-5,10H2,1-2H3,(H,16,17);1H. The Hall–Kier alpha value is -0.850. The number of benzene rings is 1. The van der Waals surface area contributed by atoms with Crippen LogP contribution in [0.2, 0.25) is 0 Å². The van der Waals surface area contributed by atoms with Crippen LogP contribution in [0.1, 0.15) is 24.8 Å². The van der Waals surface area contributed by atoms with Crippen LogP contribution < -0.4 is 5.32 Å². The first-order chi connectivity index (χ1) is 8.69. The molecule has 0 bridgehead atoms.